The Morgan fingerprint density at radius 2 is 2.26 bits per heavy atom. The molecule has 3 unspecified atom stereocenters. The fourth-order valence-electron chi connectivity index (χ4n) is 3.12. The number of ether oxygens (including phenoxy) is 1. The summed E-state index contributed by atoms with van der Waals surface area (Å²) in [7, 11) is 0. The third-order valence-corrected chi connectivity index (χ3v) is 4.42. The molecule has 3 heteroatoms. The summed E-state index contributed by atoms with van der Waals surface area (Å²) in [5.74, 6) is 1.47. The average Bonchev–Trinajstić information content (AvgIpc) is 2.75. The van der Waals surface area contributed by atoms with Crippen LogP contribution in [0.4, 0.5) is 0 Å². The molecule has 3 rings (SSSR count). The lowest BCUT2D eigenvalue weighted by Crippen LogP contribution is -2.46. The van der Waals surface area contributed by atoms with Crippen LogP contribution in [0.1, 0.15) is 24.5 Å². The zero-order chi connectivity index (χ0) is 13.4. The Hall–Kier alpha value is -1.06. The molecule has 1 saturated heterocycles. The quantitative estimate of drug-likeness (QED) is 0.884. The first-order valence-corrected chi connectivity index (χ1v) is 7.28. The van der Waals surface area contributed by atoms with Gasteiger partial charge in [0.15, 0.2) is 0 Å². The second-order valence-corrected chi connectivity index (χ2v) is 6.15. The second kappa shape index (κ2) is 5.14. The number of aliphatic hydroxyl groups is 1. The second-order valence-electron chi connectivity index (χ2n) is 6.15. The number of rotatable bonds is 2. The Bertz CT molecular complexity index is 460. The van der Waals surface area contributed by atoms with Crippen molar-refractivity contribution < 1.29 is 9.84 Å². The number of fused-ring (bicyclic) bond motifs is 1. The summed E-state index contributed by atoms with van der Waals surface area (Å²) in [6.45, 7) is 7.05. The van der Waals surface area contributed by atoms with Crippen LogP contribution in [0.15, 0.2) is 18.2 Å². The third kappa shape index (κ3) is 2.77. The SMILES string of the molecule is Cc1ccc2c(c1)CC(CN1CCC(C)C(O)C1)O2. The van der Waals surface area contributed by atoms with Gasteiger partial charge < -0.3 is 9.84 Å². The van der Waals surface area contributed by atoms with Crippen LogP contribution < -0.4 is 4.74 Å². The molecule has 2 aliphatic rings. The standard InChI is InChI=1S/C16H23NO2/c1-11-3-4-16-13(7-11)8-14(19-16)9-17-6-5-12(2)15(18)10-17/h3-4,7,12,14-15,18H,5-6,8-10H2,1-2H3. The Balaban J connectivity index is 1.59. The smallest absolute Gasteiger partial charge is 0.123 e. The monoisotopic (exact) mass is 261 g/mol. The summed E-state index contributed by atoms with van der Waals surface area (Å²) in [5, 5.41) is 9.95. The van der Waals surface area contributed by atoms with Crippen LogP contribution in [0, 0.1) is 12.8 Å². The summed E-state index contributed by atoms with van der Waals surface area (Å²) >= 11 is 0. The summed E-state index contributed by atoms with van der Waals surface area (Å²) in [4.78, 5) is 2.34. The van der Waals surface area contributed by atoms with E-state index in [1.165, 1.54) is 11.1 Å². The maximum absolute atomic E-state index is 9.95. The van der Waals surface area contributed by atoms with Crippen LogP contribution in [-0.2, 0) is 6.42 Å². The molecule has 0 amide bonds. The normalized spacial score (nSPS) is 31.0. The molecule has 2 aliphatic heterocycles. The van der Waals surface area contributed by atoms with Gasteiger partial charge in [0.25, 0.3) is 0 Å². The Morgan fingerprint density at radius 1 is 1.42 bits per heavy atom. The van der Waals surface area contributed by atoms with Crippen molar-refractivity contribution in [2.24, 2.45) is 5.92 Å². The predicted octanol–water partition coefficient (Wildman–Crippen LogP) is 2.00. The van der Waals surface area contributed by atoms with E-state index in [0.29, 0.717) is 5.92 Å². The minimum absolute atomic E-state index is 0.181. The molecule has 0 radical (unpaired) electrons. The van der Waals surface area contributed by atoms with Crippen LogP contribution in [0.2, 0.25) is 0 Å². The summed E-state index contributed by atoms with van der Waals surface area (Å²) in [6, 6.07) is 6.41. The van der Waals surface area contributed by atoms with Crippen molar-refractivity contribution in [3.05, 3.63) is 29.3 Å². The highest BCUT2D eigenvalue weighted by Gasteiger charge is 2.29. The van der Waals surface area contributed by atoms with Gasteiger partial charge in [-0.3, -0.25) is 4.90 Å². The molecule has 1 fully saturated rings. The van der Waals surface area contributed by atoms with Gasteiger partial charge in [0, 0.05) is 19.5 Å². The van der Waals surface area contributed by atoms with Crippen molar-refractivity contribution in [2.45, 2.75) is 38.9 Å². The van der Waals surface area contributed by atoms with Gasteiger partial charge in [0.05, 0.1) is 6.10 Å². The number of likely N-dealkylation sites (tertiary alicyclic amines) is 1. The van der Waals surface area contributed by atoms with E-state index in [1.54, 1.807) is 0 Å². The molecule has 104 valence electrons. The molecule has 0 saturated carbocycles. The number of β-amino-alcohol motifs (C(OH)–C–C–N with tert-alkyl or cyclic N) is 1. The highest BCUT2D eigenvalue weighted by atomic mass is 16.5. The lowest BCUT2D eigenvalue weighted by Gasteiger charge is -2.35. The van der Waals surface area contributed by atoms with E-state index < -0.39 is 0 Å². The molecule has 3 nitrogen and oxygen atoms in total. The van der Waals surface area contributed by atoms with Crippen molar-refractivity contribution >= 4 is 0 Å². The van der Waals surface area contributed by atoms with E-state index in [2.05, 4.69) is 36.9 Å². The third-order valence-electron chi connectivity index (χ3n) is 4.42. The number of aryl methyl sites for hydroxylation is 1. The van der Waals surface area contributed by atoms with Crippen LogP contribution in [0.3, 0.4) is 0 Å². The number of aliphatic hydroxyl groups excluding tert-OH is 1. The average molecular weight is 261 g/mol. The summed E-state index contributed by atoms with van der Waals surface area (Å²) in [6.07, 6.45) is 2.15. The largest absolute Gasteiger partial charge is 0.488 e. The number of piperidine rings is 1. The Kier molecular flexibility index (Phi) is 3.50. The number of hydrogen-bond donors (Lipinski definition) is 1. The van der Waals surface area contributed by atoms with E-state index in [-0.39, 0.29) is 12.2 Å². The first-order chi connectivity index (χ1) is 9.11. The first-order valence-electron chi connectivity index (χ1n) is 7.28. The molecule has 0 aliphatic carbocycles. The van der Waals surface area contributed by atoms with Gasteiger partial charge >= 0.3 is 0 Å². The van der Waals surface area contributed by atoms with Crippen LogP contribution in [-0.4, -0.2) is 41.8 Å². The Morgan fingerprint density at radius 3 is 3.05 bits per heavy atom. The Labute approximate surface area is 115 Å². The predicted molar refractivity (Wildman–Crippen MR) is 75.5 cm³/mol. The van der Waals surface area contributed by atoms with Crippen molar-refractivity contribution in [3.8, 4) is 5.75 Å². The zero-order valence-corrected chi connectivity index (χ0v) is 11.8. The van der Waals surface area contributed by atoms with Gasteiger partial charge in [0.2, 0.25) is 0 Å². The fraction of sp³-hybridized carbons (Fsp3) is 0.625. The zero-order valence-electron chi connectivity index (χ0n) is 11.8. The molecule has 2 heterocycles. The van der Waals surface area contributed by atoms with Crippen molar-refractivity contribution in [3.63, 3.8) is 0 Å². The topological polar surface area (TPSA) is 32.7 Å². The number of hydrogen-bond acceptors (Lipinski definition) is 3. The van der Waals surface area contributed by atoms with Crippen molar-refractivity contribution in [1.29, 1.82) is 0 Å². The van der Waals surface area contributed by atoms with Gasteiger partial charge in [-0.15, -0.1) is 0 Å². The van der Waals surface area contributed by atoms with Gasteiger partial charge in [0.1, 0.15) is 11.9 Å². The molecular formula is C16H23NO2. The number of nitrogens with zero attached hydrogens (tertiary/aromatic N) is 1. The molecule has 3 atom stereocenters. The van der Waals surface area contributed by atoms with Gasteiger partial charge in [-0.2, -0.15) is 0 Å². The van der Waals surface area contributed by atoms with Gasteiger partial charge in [-0.05, 0) is 37.4 Å². The minimum Gasteiger partial charge on any atom is -0.488 e. The lowest BCUT2D eigenvalue weighted by atomic mass is 9.95. The summed E-state index contributed by atoms with van der Waals surface area (Å²) < 4.78 is 6.00. The maximum Gasteiger partial charge on any atom is 0.123 e. The highest BCUT2D eigenvalue weighted by Crippen LogP contribution is 2.30. The van der Waals surface area contributed by atoms with Crippen LogP contribution >= 0.6 is 0 Å². The van der Waals surface area contributed by atoms with E-state index in [1.807, 2.05) is 0 Å². The fourth-order valence-corrected chi connectivity index (χ4v) is 3.12. The molecule has 0 bridgehead atoms. The summed E-state index contributed by atoms with van der Waals surface area (Å²) in [5.41, 5.74) is 2.63. The molecule has 1 aromatic carbocycles. The van der Waals surface area contributed by atoms with Crippen LogP contribution in [0.5, 0.6) is 5.75 Å². The highest BCUT2D eigenvalue weighted by molar-refractivity contribution is 5.40. The molecule has 1 N–H and O–H groups in total. The molecule has 0 aromatic heterocycles. The maximum atomic E-state index is 9.95. The number of benzene rings is 1. The molecule has 0 spiro atoms. The van der Waals surface area contributed by atoms with Crippen molar-refractivity contribution in [2.75, 3.05) is 19.6 Å². The van der Waals surface area contributed by atoms with Crippen LogP contribution in [0.25, 0.3) is 0 Å². The molecular weight excluding hydrogens is 238 g/mol. The first kappa shape index (κ1) is 12.9. The van der Waals surface area contributed by atoms with Crippen molar-refractivity contribution in [1.82, 2.24) is 4.90 Å². The minimum atomic E-state index is -0.181. The van der Waals surface area contributed by atoms with E-state index >= 15 is 0 Å². The van der Waals surface area contributed by atoms with Gasteiger partial charge in [-0.25, -0.2) is 0 Å². The van der Waals surface area contributed by atoms with E-state index in [4.69, 9.17) is 4.74 Å². The molecule has 1 aromatic rings. The molecule has 19 heavy (non-hydrogen) atoms. The van der Waals surface area contributed by atoms with Gasteiger partial charge in [-0.1, -0.05) is 24.6 Å². The van der Waals surface area contributed by atoms with E-state index in [0.717, 1.165) is 38.2 Å². The van der Waals surface area contributed by atoms with E-state index in [9.17, 15) is 5.11 Å². The lowest BCUT2D eigenvalue weighted by molar-refractivity contribution is 0.0156.